The minimum atomic E-state index is -0.287. The number of carbonyl (C=O) groups excluding carboxylic acids is 1. The van der Waals surface area contributed by atoms with Gasteiger partial charge in [0.15, 0.2) is 11.5 Å². The minimum Gasteiger partial charge on any atom is -0.493 e. The molecule has 0 fully saturated rings. The Balaban J connectivity index is 1.69. The number of rotatable bonds is 11. The lowest BCUT2D eigenvalue weighted by atomic mass is 10.1. The van der Waals surface area contributed by atoms with Crippen molar-refractivity contribution in [1.29, 1.82) is 0 Å². The van der Waals surface area contributed by atoms with Crippen molar-refractivity contribution in [2.45, 2.75) is 19.8 Å². The van der Waals surface area contributed by atoms with Crippen LogP contribution in [0.4, 0.5) is 4.39 Å². The molecule has 1 N–H and O–H groups in total. The number of likely N-dealkylation sites (N-methyl/N-ethyl adjacent to an activating group) is 1. The average Bonchev–Trinajstić information content (AvgIpc) is 2.76. The Bertz CT molecular complexity index is 850. The number of ether oxygens (including phenoxy) is 2. The van der Waals surface area contributed by atoms with E-state index < -0.39 is 0 Å². The fourth-order valence-corrected chi connectivity index (χ4v) is 3.03. The van der Waals surface area contributed by atoms with Crippen LogP contribution in [0.5, 0.6) is 11.5 Å². The molecule has 0 saturated carbocycles. The van der Waals surface area contributed by atoms with Crippen LogP contribution in [-0.2, 0) is 11.2 Å². The maximum Gasteiger partial charge on any atom is 0.246 e. The van der Waals surface area contributed by atoms with E-state index in [0.717, 1.165) is 43.0 Å². The fourth-order valence-electron chi connectivity index (χ4n) is 3.03. The second-order valence-corrected chi connectivity index (χ2v) is 7.23. The van der Waals surface area contributed by atoms with Gasteiger partial charge in [-0.25, -0.2) is 4.39 Å². The van der Waals surface area contributed by atoms with Crippen molar-refractivity contribution in [2.75, 3.05) is 40.9 Å². The normalized spacial score (nSPS) is 11.5. The van der Waals surface area contributed by atoms with Gasteiger partial charge in [0.05, 0.1) is 14.2 Å². The zero-order valence-electron chi connectivity index (χ0n) is 18.2. The van der Waals surface area contributed by atoms with Gasteiger partial charge < -0.3 is 19.7 Å². The van der Waals surface area contributed by atoms with E-state index in [1.54, 1.807) is 39.4 Å². The van der Waals surface area contributed by atoms with Crippen LogP contribution in [-0.4, -0.2) is 51.7 Å². The first kappa shape index (κ1) is 23.4. The number of nitrogens with zero attached hydrogens (tertiary/aromatic N) is 1. The molecule has 6 heteroatoms. The molecule has 0 aliphatic heterocycles. The number of hydrogen-bond donors (Lipinski definition) is 1. The number of benzene rings is 2. The molecule has 2 aromatic rings. The van der Waals surface area contributed by atoms with Crippen molar-refractivity contribution in [3.05, 3.63) is 65.0 Å². The third kappa shape index (κ3) is 7.52. The van der Waals surface area contributed by atoms with Crippen LogP contribution in [0.2, 0.25) is 0 Å². The quantitative estimate of drug-likeness (QED) is 0.447. The standard InChI is InChI=1S/C24H31FN2O3/c1-18(16-19-6-9-21(25)10-7-19)24(28)26-13-5-14-27(2)15-12-20-8-11-22(29-3)23(17-20)30-4/h6-11,16-17H,5,12-15H2,1-4H3,(H,26,28)/b18-16+. The largest absolute Gasteiger partial charge is 0.493 e. The maximum absolute atomic E-state index is 13.0. The molecule has 0 unspecified atom stereocenters. The van der Waals surface area contributed by atoms with Crippen LogP contribution in [0.25, 0.3) is 6.08 Å². The summed E-state index contributed by atoms with van der Waals surface area (Å²) in [4.78, 5) is 14.4. The molecule has 5 nitrogen and oxygen atoms in total. The number of hydrogen-bond acceptors (Lipinski definition) is 4. The van der Waals surface area contributed by atoms with Gasteiger partial charge in [0.2, 0.25) is 5.91 Å². The van der Waals surface area contributed by atoms with Crippen molar-refractivity contribution in [3.8, 4) is 11.5 Å². The molecule has 0 aromatic heterocycles. The Morgan fingerprint density at radius 3 is 2.43 bits per heavy atom. The van der Waals surface area contributed by atoms with Gasteiger partial charge in [0.1, 0.15) is 5.82 Å². The number of amides is 1. The van der Waals surface area contributed by atoms with Crippen LogP contribution < -0.4 is 14.8 Å². The Morgan fingerprint density at radius 2 is 1.77 bits per heavy atom. The van der Waals surface area contributed by atoms with Crippen molar-refractivity contribution in [3.63, 3.8) is 0 Å². The molecule has 2 aromatic carbocycles. The fraction of sp³-hybridized carbons (Fsp3) is 0.375. The van der Waals surface area contributed by atoms with Crippen LogP contribution >= 0.6 is 0 Å². The summed E-state index contributed by atoms with van der Waals surface area (Å²) >= 11 is 0. The monoisotopic (exact) mass is 414 g/mol. The molecule has 0 saturated heterocycles. The highest BCUT2D eigenvalue weighted by molar-refractivity contribution is 5.97. The number of carbonyl (C=O) groups is 1. The van der Waals surface area contributed by atoms with Gasteiger partial charge in [0.25, 0.3) is 0 Å². The first-order valence-electron chi connectivity index (χ1n) is 10.0. The molecule has 0 spiro atoms. The van der Waals surface area contributed by atoms with Crippen molar-refractivity contribution in [2.24, 2.45) is 0 Å². The molecule has 1 amide bonds. The number of halogens is 1. The molecule has 0 bridgehead atoms. The number of nitrogens with one attached hydrogen (secondary N) is 1. The first-order valence-corrected chi connectivity index (χ1v) is 10.0. The van der Waals surface area contributed by atoms with Gasteiger partial charge in [0, 0.05) is 18.7 Å². The lowest BCUT2D eigenvalue weighted by Crippen LogP contribution is -2.29. The van der Waals surface area contributed by atoms with Gasteiger partial charge in [-0.15, -0.1) is 0 Å². The molecule has 0 atom stereocenters. The third-order valence-corrected chi connectivity index (χ3v) is 4.84. The molecule has 2 rings (SSSR count). The second-order valence-electron chi connectivity index (χ2n) is 7.23. The summed E-state index contributed by atoms with van der Waals surface area (Å²) in [5, 5.41) is 2.93. The zero-order valence-corrected chi connectivity index (χ0v) is 18.2. The van der Waals surface area contributed by atoms with Gasteiger partial charge >= 0.3 is 0 Å². The van der Waals surface area contributed by atoms with E-state index in [4.69, 9.17) is 9.47 Å². The Kier molecular flexibility index (Phi) is 9.35. The van der Waals surface area contributed by atoms with Gasteiger partial charge in [-0.3, -0.25) is 4.79 Å². The SMILES string of the molecule is COc1ccc(CCN(C)CCCNC(=O)/C(C)=C/c2ccc(F)cc2)cc1OC. The predicted octanol–water partition coefficient (Wildman–Crippen LogP) is 3.93. The second kappa shape index (κ2) is 12.0. The molecular weight excluding hydrogens is 383 g/mol. The van der Waals surface area contributed by atoms with Crippen LogP contribution in [0.1, 0.15) is 24.5 Å². The molecule has 162 valence electrons. The topological polar surface area (TPSA) is 50.8 Å². The summed E-state index contributed by atoms with van der Waals surface area (Å²) in [7, 11) is 5.34. The number of methoxy groups -OCH3 is 2. The smallest absolute Gasteiger partial charge is 0.246 e. The highest BCUT2D eigenvalue weighted by Gasteiger charge is 2.07. The lowest BCUT2D eigenvalue weighted by Gasteiger charge is -2.17. The van der Waals surface area contributed by atoms with E-state index in [1.807, 2.05) is 18.2 Å². The molecule has 0 aliphatic rings. The van der Waals surface area contributed by atoms with E-state index in [-0.39, 0.29) is 11.7 Å². The summed E-state index contributed by atoms with van der Waals surface area (Å²) < 4.78 is 23.6. The van der Waals surface area contributed by atoms with Crippen LogP contribution in [0.3, 0.4) is 0 Å². The molecule has 30 heavy (non-hydrogen) atoms. The van der Waals surface area contributed by atoms with Crippen molar-refractivity contribution < 1.29 is 18.7 Å². The van der Waals surface area contributed by atoms with E-state index in [9.17, 15) is 9.18 Å². The summed E-state index contributed by atoms with van der Waals surface area (Å²) in [5.74, 6) is 1.08. The van der Waals surface area contributed by atoms with E-state index in [1.165, 1.54) is 17.7 Å². The highest BCUT2D eigenvalue weighted by atomic mass is 19.1. The minimum absolute atomic E-state index is 0.104. The van der Waals surface area contributed by atoms with E-state index >= 15 is 0 Å². The van der Waals surface area contributed by atoms with Gasteiger partial charge in [-0.2, -0.15) is 0 Å². The molecule has 0 radical (unpaired) electrons. The van der Waals surface area contributed by atoms with Gasteiger partial charge in [-0.05, 0) is 74.8 Å². The average molecular weight is 415 g/mol. The van der Waals surface area contributed by atoms with Crippen molar-refractivity contribution >= 4 is 12.0 Å². The van der Waals surface area contributed by atoms with Crippen molar-refractivity contribution in [1.82, 2.24) is 10.2 Å². The Hall–Kier alpha value is -2.86. The van der Waals surface area contributed by atoms with Gasteiger partial charge in [-0.1, -0.05) is 18.2 Å². The summed E-state index contributed by atoms with van der Waals surface area (Å²) in [6.45, 7) is 4.16. The van der Waals surface area contributed by atoms with E-state index in [2.05, 4.69) is 17.3 Å². The first-order chi connectivity index (χ1) is 14.4. The highest BCUT2D eigenvalue weighted by Crippen LogP contribution is 2.27. The molecular formula is C24H31FN2O3. The summed E-state index contributed by atoms with van der Waals surface area (Å²) in [6.07, 6.45) is 3.52. The Labute approximate surface area is 178 Å². The zero-order chi connectivity index (χ0) is 21.9. The maximum atomic E-state index is 13.0. The summed E-state index contributed by atoms with van der Waals surface area (Å²) in [6, 6.07) is 12.0. The molecule has 0 aliphatic carbocycles. The predicted molar refractivity (Wildman–Crippen MR) is 118 cm³/mol. The lowest BCUT2D eigenvalue weighted by molar-refractivity contribution is -0.117. The molecule has 0 heterocycles. The third-order valence-electron chi connectivity index (χ3n) is 4.84. The van der Waals surface area contributed by atoms with Crippen LogP contribution in [0, 0.1) is 5.82 Å². The van der Waals surface area contributed by atoms with E-state index in [0.29, 0.717) is 12.1 Å². The Morgan fingerprint density at radius 1 is 1.07 bits per heavy atom. The van der Waals surface area contributed by atoms with Crippen LogP contribution in [0.15, 0.2) is 48.0 Å². The summed E-state index contributed by atoms with van der Waals surface area (Å²) in [5.41, 5.74) is 2.59.